The Labute approximate surface area is 121 Å². The van der Waals surface area contributed by atoms with E-state index in [0.29, 0.717) is 11.5 Å². The van der Waals surface area contributed by atoms with E-state index in [4.69, 9.17) is 15.6 Å². The molecule has 0 aliphatic carbocycles. The summed E-state index contributed by atoms with van der Waals surface area (Å²) >= 11 is 0. The average Bonchev–Trinajstić information content (AvgIpc) is 2.40. The highest BCUT2D eigenvalue weighted by Crippen LogP contribution is 2.26. The highest BCUT2D eigenvalue weighted by Gasteiger charge is 2.10. The van der Waals surface area contributed by atoms with Crippen LogP contribution in [-0.4, -0.2) is 25.7 Å². The molecule has 0 unspecified atom stereocenters. The molecule has 0 aromatic heterocycles. The summed E-state index contributed by atoms with van der Waals surface area (Å²) in [5.41, 5.74) is 5.63. The van der Waals surface area contributed by atoms with Crippen LogP contribution >= 0.6 is 0 Å². The molecular formula is C14H13NO5S. The monoisotopic (exact) mass is 307 g/mol. The molecule has 0 atom stereocenters. The van der Waals surface area contributed by atoms with Crippen molar-refractivity contribution >= 4 is 21.5 Å². The maximum absolute atomic E-state index is 11.3. The highest BCUT2D eigenvalue weighted by atomic mass is 32.2. The fourth-order valence-corrected chi connectivity index (χ4v) is 2.31. The van der Waals surface area contributed by atoms with Gasteiger partial charge < -0.3 is 15.6 Å². The third-order valence-electron chi connectivity index (χ3n) is 2.74. The van der Waals surface area contributed by atoms with Gasteiger partial charge in [0.15, 0.2) is 9.84 Å². The lowest BCUT2D eigenvalue weighted by molar-refractivity contribution is 0.0697. The van der Waals surface area contributed by atoms with Gasteiger partial charge in [-0.1, -0.05) is 0 Å². The molecule has 2 aromatic rings. The zero-order chi connectivity index (χ0) is 15.6. The smallest absolute Gasteiger partial charge is 0.337 e. The van der Waals surface area contributed by atoms with Crippen molar-refractivity contribution in [3.05, 3.63) is 48.0 Å². The molecule has 0 amide bonds. The number of hydrogen-bond donors (Lipinski definition) is 2. The summed E-state index contributed by atoms with van der Waals surface area (Å²) in [6, 6.07) is 10.1. The Morgan fingerprint density at radius 1 is 1.10 bits per heavy atom. The number of nitrogens with two attached hydrogens (primary N) is 1. The van der Waals surface area contributed by atoms with Gasteiger partial charge in [-0.3, -0.25) is 0 Å². The van der Waals surface area contributed by atoms with Crippen LogP contribution in [0.1, 0.15) is 10.4 Å². The second-order valence-electron chi connectivity index (χ2n) is 4.40. The standard InChI is InChI=1S/C14H13NO5S/c1-21(18,19)11-5-2-9(3-6-11)20-10-4-7-13(15)12(8-10)14(16)17/h2-8H,15H2,1H3,(H,16,17). The molecule has 0 heterocycles. The molecule has 6 nitrogen and oxygen atoms in total. The Hall–Kier alpha value is -2.54. The first-order valence-electron chi connectivity index (χ1n) is 5.88. The first kappa shape index (κ1) is 14.9. The summed E-state index contributed by atoms with van der Waals surface area (Å²) in [6.07, 6.45) is 1.11. The fourth-order valence-electron chi connectivity index (χ4n) is 1.68. The van der Waals surface area contributed by atoms with E-state index in [1.54, 1.807) is 0 Å². The summed E-state index contributed by atoms with van der Waals surface area (Å²) in [5, 5.41) is 8.98. The summed E-state index contributed by atoms with van der Waals surface area (Å²) in [6.45, 7) is 0. The summed E-state index contributed by atoms with van der Waals surface area (Å²) in [7, 11) is -3.27. The topological polar surface area (TPSA) is 107 Å². The van der Waals surface area contributed by atoms with Gasteiger partial charge in [-0.15, -0.1) is 0 Å². The van der Waals surface area contributed by atoms with Gasteiger partial charge in [0.1, 0.15) is 11.5 Å². The van der Waals surface area contributed by atoms with Gasteiger partial charge in [0.05, 0.1) is 10.5 Å². The first-order chi connectivity index (χ1) is 9.77. The predicted molar refractivity (Wildman–Crippen MR) is 77.4 cm³/mol. The Balaban J connectivity index is 2.26. The van der Waals surface area contributed by atoms with Crippen LogP contribution in [0.2, 0.25) is 0 Å². The van der Waals surface area contributed by atoms with E-state index in [0.717, 1.165) is 6.26 Å². The largest absolute Gasteiger partial charge is 0.478 e. The average molecular weight is 307 g/mol. The van der Waals surface area contributed by atoms with Crippen molar-refractivity contribution in [2.75, 3.05) is 12.0 Å². The normalized spacial score (nSPS) is 11.1. The fraction of sp³-hybridized carbons (Fsp3) is 0.0714. The van der Waals surface area contributed by atoms with E-state index in [9.17, 15) is 13.2 Å². The number of rotatable bonds is 4. The molecule has 0 radical (unpaired) electrons. The molecule has 0 bridgehead atoms. The maximum atomic E-state index is 11.3. The molecule has 7 heteroatoms. The van der Waals surface area contributed by atoms with Gasteiger partial charge in [0.2, 0.25) is 0 Å². The summed E-state index contributed by atoms with van der Waals surface area (Å²) in [4.78, 5) is 11.2. The molecule has 0 saturated heterocycles. The third-order valence-corrected chi connectivity index (χ3v) is 3.87. The molecule has 3 N–H and O–H groups in total. The second-order valence-corrected chi connectivity index (χ2v) is 6.42. The predicted octanol–water partition coefficient (Wildman–Crippen LogP) is 2.16. The number of anilines is 1. The quantitative estimate of drug-likeness (QED) is 0.838. The van der Waals surface area contributed by atoms with Crippen LogP contribution in [0.15, 0.2) is 47.4 Å². The second kappa shape index (κ2) is 5.45. The Kier molecular flexibility index (Phi) is 3.86. The van der Waals surface area contributed by atoms with Gasteiger partial charge in [-0.25, -0.2) is 13.2 Å². The number of benzene rings is 2. The molecule has 0 aliphatic heterocycles. The molecule has 21 heavy (non-hydrogen) atoms. The number of sulfone groups is 1. The molecule has 0 spiro atoms. The summed E-state index contributed by atoms with van der Waals surface area (Å²) in [5.74, 6) is -0.456. The highest BCUT2D eigenvalue weighted by molar-refractivity contribution is 7.90. The Morgan fingerprint density at radius 2 is 1.67 bits per heavy atom. The van der Waals surface area contributed by atoms with Gasteiger partial charge in [-0.05, 0) is 42.5 Å². The van der Waals surface area contributed by atoms with Crippen LogP contribution in [0.3, 0.4) is 0 Å². The van der Waals surface area contributed by atoms with Crippen LogP contribution in [0.4, 0.5) is 5.69 Å². The molecule has 0 aliphatic rings. The Morgan fingerprint density at radius 3 is 2.19 bits per heavy atom. The van der Waals surface area contributed by atoms with E-state index < -0.39 is 15.8 Å². The number of aromatic carboxylic acids is 1. The van der Waals surface area contributed by atoms with Crippen LogP contribution in [0, 0.1) is 0 Å². The number of ether oxygens (including phenoxy) is 1. The maximum Gasteiger partial charge on any atom is 0.337 e. The van der Waals surface area contributed by atoms with E-state index in [1.165, 1.54) is 42.5 Å². The van der Waals surface area contributed by atoms with Gasteiger partial charge in [0, 0.05) is 11.9 Å². The van der Waals surface area contributed by atoms with Crippen LogP contribution in [0.5, 0.6) is 11.5 Å². The first-order valence-corrected chi connectivity index (χ1v) is 7.77. The van der Waals surface area contributed by atoms with Crippen molar-refractivity contribution in [2.45, 2.75) is 4.90 Å². The minimum absolute atomic E-state index is 0.0553. The molecule has 0 saturated carbocycles. The van der Waals surface area contributed by atoms with Crippen molar-refractivity contribution in [3.63, 3.8) is 0 Å². The number of carboxylic acids is 1. The molecule has 2 rings (SSSR count). The minimum atomic E-state index is -3.27. The number of hydrogen-bond acceptors (Lipinski definition) is 5. The van der Waals surface area contributed by atoms with Gasteiger partial charge >= 0.3 is 5.97 Å². The van der Waals surface area contributed by atoms with Crippen molar-refractivity contribution < 1.29 is 23.1 Å². The van der Waals surface area contributed by atoms with Gasteiger partial charge in [-0.2, -0.15) is 0 Å². The zero-order valence-electron chi connectivity index (χ0n) is 11.1. The van der Waals surface area contributed by atoms with Crippen molar-refractivity contribution in [1.82, 2.24) is 0 Å². The van der Waals surface area contributed by atoms with Crippen LogP contribution in [-0.2, 0) is 9.84 Å². The van der Waals surface area contributed by atoms with E-state index in [2.05, 4.69) is 0 Å². The summed E-state index contributed by atoms with van der Waals surface area (Å²) < 4.78 is 28.2. The Bertz CT molecular complexity index is 782. The lowest BCUT2D eigenvalue weighted by Gasteiger charge is -2.08. The van der Waals surface area contributed by atoms with E-state index in [-0.39, 0.29) is 16.1 Å². The van der Waals surface area contributed by atoms with Crippen LogP contribution in [0.25, 0.3) is 0 Å². The SMILES string of the molecule is CS(=O)(=O)c1ccc(Oc2ccc(N)c(C(=O)O)c2)cc1. The lowest BCUT2D eigenvalue weighted by Crippen LogP contribution is -2.02. The molecule has 2 aromatic carbocycles. The van der Waals surface area contributed by atoms with E-state index >= 15 is 0 Å². The van der Waals surface area contributed by atoms with Crippen molar-refractivity contribution in [1.29, 1.82) is 0 Å². The van der Waals surface area contributed by atoms with E-state index in [1.807, 2.05) is 0 Å². The minimum Gasteiger partial charge on any atom is -0.478 e. The molecule has 0 fully saturated rings. The molecule has 110 valence electrons. The van der Waals surface area contributed by atoms with Crippen molar-refractivity contribution in [3.8, 4) is 11.5 Å². The van der Waals surface area contributed by atoms with Gasteiger partial charge in [0.25, 0.3) is 0 Å². The molecular weight excluding hydrogens is 294 g/mol. The zero-order valence-corrected chi connectivity index (χ0v) is 11.9. The third kappa shape index (κ3) is 3.51. The van der Waals surface area contributed by atoms with Crippen molar-refractivity contribution in [2.24, 2.45) is 0 Å². The lowest BCUT2D eigenvalue weighted by atomic mass is 10.2. The van der Waals surface area contributed by atoms with Crippen LogP contribution < -0.4 is 10.5 Å². The number of nitrogen functional groups attached to an aromatic ring is 1. The number of carboxylic acid groups (broad SMARTS) is 1. The number of carbonyl (C=O) groups is 1.